The van der Waals surface area contributed by atoms with Crippen molar-refractivity contribution in [1.82, 2.24) is 0 Å². The van der Waals surface area contributed by atoms with Crippen LogP contribution in [0.25, 0.3) is 0 Å². The smallest absolute Gasteiger partial charge is 0.0690 e. The summed E-state index contributed by atoms with van der Waals surface area (Å²) in [7, 11) is 0. The van der Waals surface area contributed by atoms with Crippen LogP contribution in [0, 0.1) is 0 Å². The third-order valence-corrected chi connectivity index (χ3v) is 4.73. The summed E-state index contributed by atoms with van der Waals surface area (Å²) < 4.78 is 1.96. The van der Waals surface area contributed by atoms with Gasteiger partial charge in [0.25, 0.3) is 0 Å². The second kappa shape index (κ2) is 7.73. The molecule has 0 bridgehead atoms. The zero-order valence-corrected chi connectivity index (χ0v) is 13.5. The van der Waals surface area contributed by atoms with Gasteiger partial charge >= 0.3 is 0 Å². The van der Waals surface area contributed by atoms with E-state index in [0.29, 0.717) is 0 Å². The minimum atomic E-state index is 0.759. The number of aryl methyl sites for hydroxylation is 1. The van der Waals surface area contributed by atoms with Gasteiger partial charge in [-0.1, -0.05) is 44.2 Å². The summed E-state index contributed by atoms with van der Waals surface area (Å²) in [6.45, 7) is 2.24. The van der Waals surface area contributed by atoms with Crippen molar-refractivity contribution in [1.29, 1.82) is 0 Å². The molecule has 0 saturated heterocycles. The fraction of sp³-hybridized carbons (Fsp3) is 0.538. The average Bonchev–Trinajstić information content (AvgIpc) is 2.25. The van der Waals surface area contributed by atoms with Crippen molar-refractivity contribution < 1.29 is 0 Å². The van der Waals surface area contributed by atoms with E-state index in [1.807, 2.05) is 0 Å². The summed E-state index contributed by atoms with van der Waals surface area (Å²) in [6, 6.07) is 4.24. The van der Waals surface area contributed by atoms with Gasteiger partial charge < -0.3 is 0 Å². The standard InChI is InChI=1S/C13H17Br2Cl/c1-2-3-4-5-6-7-10-8-11(14)13(16)12(15)9-10/h8-9H,2-7H2,1H3. The number of hydrogen-bond donors (Lipinski definition) is 0. The van der Waals surface area contributed by atoms with Gasteiger partial charge in [0.05, 0.1) is 5.02 Å². The SMILES string of the molecule is CCCCCCCc1cc(Br)c(Cl)c(Br)c1. The Kier molecular flexibility index (Phi) is 7.02. The molecule has 3 heteroatoms. The highest BCUT2D eigenvalue weighted by Gasteiger charge is 2.04. The molecular weight excluding hydrogens is 351 g/mol. The molecule has 0 saturated carbocycles. The molecule has 1 aromatic carbocycles. The quantitative estimate of drug-likeness (QED) is 0.404. The molecule has 0 spiro atoms. The minimum absolute atomic E-state index is 0.759. The van der Waals surface area contributed by atoms with Crippen molar-refractivity contribution >= 4 is 43.5 Å². The minimum Gasteiger partial charge on any atom is -0.0819 e. The van der Waals surface area contributed by atoms with Gasteiger partial charge in [0, 0.05) is 8.95 Å². The molecule has 0 nitrogen and oxygen atoms in total. The molecule has 0 fully saturated rings. The molecule has 0 aliphatic heterocycles. The Morgan fingerprint density at radius 1 is 1.00 bits per heavy atom. The number of hydrogen-bond acceptors (Lipinski definition) is 0. The molecule has 0 aliphatic rings. The summed E-state index contributed by atoms with van der Waals surface area (Å²) in [5, 5.41) is 0.759. The first kappa shape index (κ1) is 14.5. The van der Waals surface area contributed by atoms with Crippen LogP contribution in [0.1, 0.15) is 44.6 Å². The van der Waals surface area contributed by atoms with Gasteiger partial charge in [-0.15, -0.1) is 0 Å². The summed E-state index contributed by atoms with van der Waals surface area (Å²) in [6.07, 6.45) is 7.74. The predicted octanol–water partition coefficient (Wildman–Crippen LogP) is 6.38. The number of benzene rings is 1. The molecule has 1 aromatic rings. The van der Waals surface area contributed by atoms with E-state index in [1.165, 1.54) is 37.7 Å². The highest BCUT2D eigenvalue weighted by Crippen LogP contribution is 2.32. The van der Waals surface area contributed by atoms with E-state index in [9.17, 15) is 0 Å². The third kappa shape index (κ3) is 4.77. The number of rotatable bonds is 6. The lowest BCUT2D eigenvalue weighted by Crippen LogP contribution is -1.87. The van der Waals surface area contributed by atoms with Gasteiger partial charge in [0.2, 0.25) is 0 Å². The molecular formula is C13H17Br2Cl. The topological polar surface area (TPSA) is 0 Å². The molecule has 1 rings (SSSR count). The van der Waals surface area contributed by atoms with E-state index in [4.69, 9.17) is 11.6 Å². The first-order valence-corrected chi connectivity index (χ1v) is 7.75. The monoisotopic (exact) mass is 366 g/mol. The van der Waals surface area contributed by atoms with Crippen LogP contribution in [0.5, 0.6) is 0 Å². The normalized spacial score (nSPS) is 10.8. The zero-order valence-electron chi connectivity index (χ0n) is 9.53. The predicted molar refractivity (Wildman–Crippen MR) is 79.3 cm³/mol. The Morgan fingerprint density at radius 2 is 1.56 bits per heavy atom. The van der Waals surface area contributed by atoms with Gasteiger partial charge in [0.15, 0.2) is 0 Å². The molecule has 0 N–H and O–H groups in total. The van der Waals surface area contributed by atoms with Crippen LogP contribution >= 0.6 is 43.5 Å². The van der Waals surface area contributed by atoms with Crippen molar-refractivity contribution in [3.8, 4) is 0 Å². The molecule has 0 aliphatic carbocycles. The largest absolute Gasteiger partial charge is 0.0819 e. The zero-order chi connectivity index (χ0) is 12.0. The van der Waals surface area contributed by atoms with E-state index in [1.54, 1.807) is 0 Å². The maximum atomic E-state index is 6.06. The van der Waals surface area contributed by atoms with Gasteiger partial charge in [-0.3, -0.25) is 0 Å². The highest BCUT2D eigenvalue weighted by atomic mass is 79.9. The lowest BCUT2D eigenvalue weighted by molar-refractivity contribution is 0.632. The Bertz CT molecular complexity index is 314. The Morgan fingerprint density at radius 3 is 2.12 bits per heavy atom. The van der Waals surface area contributed by atoms with Crippen molar-refractivity contribution in [3.63, 3.8) is 0 Å². The van der Waals surface area contributed by atoms with Crippen LogP contribution in [0.4, 0.5) is 0 Å². The van der Waals surface area contributed by atoms with Crippen molar-refractivity contribution in [2.24, 2.45) is 0 Å². The molecule has 16 heavy (non-hydrogen) atoms. The fourth-order valence-corrected chi connectivity index (χ4v) is 3.08. The van der Waals surface area contributed by atoms with Gasteiger partial charge in [-0.25, -0.2) is 0 Å². The first-order valence-electron chi connectivity index (χ1n) is 5.78. The molecule has 0 atom stereocenters. The summed E-state index contributed by atoms with van der Waals surface area (Å²) in [5.74, 6) is 0. The van der Waals surface area contributed by atoms with Crippen LogP contribution in [-0.2, 0) is 6.42 Å². The van der Waals surface area contributed by atoms with Crippen LogP contribution in [0.2, 0.25) is 5.02 Å². The summed E-state index contributed by atoms with van der Waals surface area (Å²) in [5.41, 5.74) is 1.35. The lowest BCUT2D eigenvalue weighted by Gasteiger charge is -2.05. The van der Waals surface area contributed by atoms with Crippen LogP contribution in [-0.4, -0.2) is 0 Å². The molecule has 90 valence electrons. The molecule has 0 unspecified atom stereocenters. The van der Waals surface area contributed by atoms with E-state index >= 15 is 0 Å². The lowest BCUT2D eigenvalue weighted by atomic mass is 10.1. The maximum Gasteiger partial charge on any atom is 0.0690 e. The maximum absolute atomic E-state index is 6.06. The second-order valence-corrected chi connectivity index (χ2v) is 6.12. The molecule has 0 heterocycles. The summed E-state index contributed by atoms with van der Waals surface area (Å²) >= 11 is 13.0. The molecule has 0 aromatic heterocycles. The van der Waals surface area contributed by atoms with Crippen LogP contribution < -0.4 is 0 Å². The van der Waals surface area contributed by atoms with E-state index in [-0.39, 0.29) is 0 Å². The number of unbranched alkanes of at least 4 members (excludes halogenated alkanes) is 4. The molecule has 0 amide bonds. The van der Waals surface area contributed by atoms with E-state index in [0.717, 1.165) is 20.4 Å². The van der Waals surface area contributed by atoms with Crippen LogP contribution in [0.15, 0.2) is 21.1 Å². The average molecular weight is 369 g/mol. The van der Waals surface area contributed by atoms with Crippen molar-refractivity contribution in [3.05, 3.63) is 31.7 Å². The van der Waals surface area contributed by atoms with Gasteiger partial charge in [-0.05, 0) is 62.4 Å². The Labute approximate surface area is 120 Å². The second-order valence-electron chi connectivity index (χ2n) is 4.04. The highest BCUT2D eigenvalue weighted by molar-refractivity contribution is 9.11. The van der Waals surface area contributed by atoms with Gasteiger partial charge in [-0.2, -0.15) is 0 Å². The van der Waals surface area contributed by atoms with Crippen molar-refractivity contribution in [2.75, 3.05) is 0 Å². The fourth-order valence-electron chi connectivity index (χ4n) is 1.69. The van der Waals surface area contributed by atoms with E-state index < -0.39 is 0 Å². The third-order valence-electron chi connectivity index (χ3n) is 2.61. The first-order chi connectivity index (χ1) is 7.65. The Balaban J connectivity index is 2.43. The van der Waals surface area contributed by atoms with Gasteiger partial charge in [0.1, 0.15) is 0 Å². The number of halogens is 3. The Hall–Kier alpha value is 0.470. The van der Waals surface area contributed by atoms with Crippen LogP contribution in [0.3, 0.4) is 0 Å². The van der Waals surface area contributed by atoms with E-state index in [2.05, 4.69) is 50.9 Å². The van der Waals surface area contributed by atoms with Crippen molar-refractivity contribution in [2.45, 2.75) is 45.4 Å². The summed E-state index contributed by atoms with van der Waals surface area (Å²) in [4.78, 5) is 0. The molecule has 0 radical (unpaired) electrons.